The highest BCUT2D eigenvalue weighted by Gasteiger charge is 2.32. The van der Waals surface area contributed by atoms with Gasteiger partial charge in [-0.05, 0) is 38.0 Å². The number of phenolic OH excluding ortho intramolecular Hbond substituents is 1. The molecule has 0 unspecified atom stereocenters. The van der Waals surface area contributed by atoms with Crippen molar-refractivity contribution in [1.29, 1.82) is 0 Å². The molecule has 4 heteroatoms. The van der Waals surface area contributed by atoms with Gasteiger partial charge >= 0.3 is 0 Å². The van der Waals surface area contributed by atoms with E-state index in [1.807, 2.05) is 11.8 Å². The lowest BCUT2D eigenvalue weighted by Crippen LogP contribution is -2.32. The third kappa shape index (κ3) is 2.21. The number of rotatable bonds is 3. The number of hydrogen-bond acceptors (Lipinski definition) is 2. The second-order valence-electron chi connectivity index (χ2n) is 3.98. The average molecular weight is 284 g/mol. The van der Waals surface area contributed by atoms with Crippen molar-refractivity contribution in [3.63, 3.8) is 0 Å². The van der Waals surface area contributed by atoms with E-state index in [0.717, 1.165) is 17.3 Å². The van der Waals surface area contributed by atoms with Gasteiger partial charge in [-0.2, -0.15) is 0 Å². The monoisotopic (exact) mass is 283 g/mol. The van der Waals surface area contributed by atoms with Crippen LogP contribution >= 0.6 is 15.9 Å². The zero-order chi connectivity index (χ0) is 11.7. The Balaban J connectivity index is 2.28. The van der Waals surface area contributed by atoms with Gasteiger partial charge in [-0.3, -0.25) is 4.79 Å². The molecule has 0 spiro atoms. The Morgan fingerprint density at radius 3 is 2.81 bits per heavy atom. The third-order valence-corrected chi connectivity index (χ3v) is 3.27. The smallest absolute Gasteiger partial charge is 0.257 e. The first-order chi connectivity index (χ1) is 7.63. The van der Waals surface area contributed by atoms with Crippen molar-refractivity contribution < 1.29 is 9.90 Å². The maximum absolute atomic E-state index is 12.2. The maximum atomic E-state index is 12.2. The number of amides is 1. The average Bonchev–Trinajstić information content (AvgIpc) is 3.07. The molecule has 0 aliphatic heterocycles. The van der Waals surface area contributed by atoms with Crippen molar-refractivity contribution in [2.75, 3.05) is 6.54 Å². The van der Waals surface area contributed by atoms with E-state index in [0.29, 0.717) is 18.2 Å². The predicted molar refractivity (Wildman–Crippen MR) is 65.5 cm³/mol. The van der Waals surface area contributed by atoms with E-state index in [2.05, 4.69) is 15.9 Å². The molecule has 2 rings (SSSR count). The van der Waals surface area contributed by atoms with E-state index in [-0.39, 0.29) is 11.7 Å². The minimum atomic E-state index is -0.0798. The minimum absolute atomic E-state index is 0.0484. The Morgan fingerprint density at radius 1 is 1.56 bits per heavy atom. The van der Waals surface area contributed by atoms with Gasteiger partial charge in [-0.25, -0.2) is 0 Å². The molecule has 1 amide bonds. The lowest BCUT2D eigenvalue weighted by atomic mass is 10.1. The molecular formula is C12H14BrNO2. The highest BCUT2D eigenvalue weighted by molar-refractivity contribution is 9.10. The van der Waals surface area contributed by atoms with E-state index < -0.39 is 0 Å². The molecule has 0 bridgehead atoms. The molecule has 1 fully saturated rings. The van der Waals surface area contributed by atoms with Crippen molar-refractivity contribution in [2.45, 2.75) is 25.8 Å². The third-order valence-electron chi connectivity index (χ3n) is 2.78. The van der Waals surface area contributed by atoms with Crippen LogP contribution in [0.3, 0.4) is 0 Å². The lowest BCUT2D eigenvalue weighted by Gasteiger charge is -2.20. The second kappa shape index (κ2) is 4.45. The van der Waals surface area contributed by atoms with Crippen LogP contribution in [0, 0.1) is 0 Å². The van der Waals surface area contributed by atoms with Crippen molar-refractivity contribution in [2.24, 2.45) is 0 Å². The van der Waals surface area contributed by atoms with Crippen LogP contribution in [-0.4, -0.2) is 28.5 Å². The molecule has 16 heavy (non-hydrogen) atoms. The first-order valence-electron chi connectivity index (χ1n) is 5.43. The van der Waals surface area contributed by atoms with Crippen LogP contribution in [-0.2, 0) is 0 Å². The molecule has 1 saturated carbocycles. The molecule has 0 radical (unpaired) electrons. The van der Waals surface area contributed by atoms with Gasteiger partial charge < -0.3 is 10.0 Å². The first kappa shape index (κ1) is 11.5. The SMILES string of the molecule is CCN(C(=O)c1cc(Br)ccc1O)C1CC1. The molecule has 1 N–H and O–H groups in total. The summed E-state index contributed by atoms with van der Waals surface area (Å²) in [5, 5.41) is 9.68. The summed E-state index contributed by atoms with van der Waals surface area (Å²) in [7, 11) is 0. The van der Waals surface area contributed by atoms with E-state index in [9.17, 15) is 9.90 Å². The number of halogens is 1. The molecule has 0 heterocycles. The number of carbonyl (C=O) groups is 1. The van der Waals surface area contributed by atoms with Gasteiger partial charge in [0.1, 0.15) is 5.75 Å². The van der Waals surface area contributed by atoms with E-state index in [4.69, 9.17) is 0 Å². The van der Waals surface area contributed by atoms with Crippen LogP contribution in [0.15, 0.2) is 22.7 Å². The van der Waals surface area contributed by atoms with E-state index >= 15 is 0 Å². The Hall–Kier alpha value is -1.03. The van der Waals surface area contributed by atoms with Gasteiger partial charge in [0.25, 0.3) is 5.91 Å². The van der Waals surface area contributed by atoms with E-state index in [1.54, 1.807) is 12.1 Å². The zero-order valence-corrected chi connectivity index (χ0v) is 10.7. The highest BCUT2D eigenvalue weighted by Crippen LogP contribution is 2.30. The number of benzene rings is 1. The Morgan fingerprint density at radius 2 is 2.25 bits per heavy atom. The molecule has 1 aliphatic carbocycles. The van der Waals surface area contributed by atoms with Gasteiger partial charge in [0.15, 0.2) is 0 Å². The van der Waals surface area contributed by atoms with Crippen molar-refractivity contribution in [3.8, 4) is 5.75 Å². The Bertz CT molecular complexity index is 415. The van der Waals surface area contributed by atoms with Crippen LogP contribution in [0.1, 0.15) is 30.1 Å². The fraction of sp³-hybridized carbons (Fsp3) is 0.417. The highest BCUT2D eigenvalue weighted by atomic mass is 79.9. The van der Waals surface area contributed by atoms with Crippen LogP contribution in [0.2, 0.25) is 0 Å². The fourth-order valence-corrected chi connectivity index (χ4v) is 2.15. The molecule has 1 aromatic rings. The van der Waals surface area contributed by atoms with E-state index in [1.165, 1.54) is 6.07 Å². The van der Waals surface area contributed by atoms with Crippen molar-refractivity contribution in [1.82, 2.24) is 4.90 Å². The number of aromatic hydroxyl groups is 1. The summed E-state index contributed by atoms with van der Waals surface area (Å²) in [6.45, 7) is 2.65. The Labute approximate surface area is 103 Å². The van der Waals surface area contributed by atoms with Crippen molar-refractivity contribution in [3.05, 3.63) is 28.2 Å². The van der Waals surface area contributed by atoms with Gasteiger partial charge in [0.05, 0.1) is 5.56 Å². The second-order valence-corrected chi connectivity index (χ2v) is 4.90. The molecule has 0 aromatic heterocycles. The minimum Gasteiger partial charge on any atom is -0.507 e. The van der Waals surface area contributed by atoms with Gasteiger partial charge in [-0.1, -0.05) is 15.9 Å². The maximum Gasteiger partial charge on any atom is 0.257 e. The molecule has 0 saturated heterocycles. The van der Waals surface area contributed by atoms with Crippen LogP contribution in [0.25, 0.3) is 0 Å². The summed E-state index contributed by atoms with van der Waals surface area (Å²) in [5.74, 6) is -0.0314. The summed E-state index contributed by atoms with van der Waals surface area (Å²) < 4.78 is 0.806. The molecule has 3 nitrogen and oxygen atoms in total. The van der Waals surface area contributed by atoms with Crippen LogP contribution < -0.4 is 0 Å². The summed E-state index contributed by atoms with van der Waals surface area (Å²) >= 11 is 3.31. The molecule has 1 aromatic carbocycles. The number of carbonyl (C=O) groups excluding carboxylic acids is 1. The summed E-state index contributed by atoms with van der Waals surface area (Å²) in [6, 6.07) is 5.30. The molecule has 0 atom stereocenters. The number of nitrogens with zero attached hydrogens (tertiary/aromatic N) is 1. The first-order valence-corrected chi connectivity index (χ1v) is 6.22. The molecule has 1 aliphatic rings. The van der Waals surface area contributed by atoms with Gasteiger partial charge in [0.2, 0.25) is 0 Å². The van der Waals surface area contributed by atoms with Crippen molar-refractivity contribution >= 4 is 21.8 Å². The zero-order valence-electron chi connectivity index (χ0n) is 9.11. The quantitative estimate of drug-likeness (QED) is 0.927. The molecule has 86 valence electrons. The summed E-state index contributed by atoms with van der Waals surface area (Å²) in [4.78, 5) is 14.0. The summed E-state index contributed by atoms with van der Waals surface area (Å²) in [5.41, 5.74) is 0.378. The lowest BCUT2D eigenvalue weighted by molar-refractivity contribution is 0.0749. The van der Waals surface area contributed by atoms with Gasteiger partial charge in [0, 0.05) is 17.1 Å². The predicted octanol–water partition coefficient (Wildman–Crippen LogP) is 2.78. The largest absolute Gasteiger partial charge is 0.507 e. The number of hydrogen-bond donors (Lipinski definition) is 1. The van der Waals surface area contributed by atoms with Crippen LogP contribution in [0.5, 0.6) is 5.75 Å². The standard InChI is InChI=1S/C12H14BrNO2/c1-2-14(9-4-5-9)12(16)10-7-8(13)3-6-11(10)15/h3,6-7,9,15H,2,4-5H2,1H3. The fourth-order valence-electron chi connectivity index (χ4n) is 1.79. The normalized spacial score (nSPS) is 14.9. The molecular weight excluding hydrogens is 270 g/mol. The van der Waals surface area contributed by atoms with Gasteiger partial charge in [-0.15, -0.1) is 0 Å². The van der Waals surface area contributed by atoms with Crippen LogP contribution in [0.4, 0.5) is 0 Å². The summed E-state index contributed by atoms with van der Waals surface area (Å²) in [6.07, 6.45) is 2.16. The number of phenols is 1. The topological polar surface area (TPSA) is 40.5 Å². The Kier molecular flexibility index (Phi) is 3.19.